The fourth-order valence-corrected chi connectivity index (χ4v) is 1.97. The maximum atomic E-state index is 5.72. The van der Waals surface area contributed by atoms with Crippen molar-refractivity contribution in [3.05, 3.63) is 16.1 Å². The first-order valence-electron chi connectivity index (χ1n) is 5.27. The van der Waals surface area contributed by atoms with Gasteiger partial charge in [0, 0.05) is 11.4 Å². The van der Waals surface area contributed by atoms with Gasteiger partial charge in [-0.3, -0.25) is 0 Å². The summed E-state index contributed by atoms with van der Waals surface area (Å²) >= 11 is 1.69. The van der Waals surface area contributed by atoms with E-state index in [0.29, 0.717) is 18.5 Å². The molecule has 0 aromatic carbocycles. The Kier molecular flexibility index (Phi) is 3.20. The number of thiazole rings is 1. The second kappa shape index (κ2) is 4.61. The molecule has 0 radical (unpaired) electrons. The van der Waals surface area contributed by atoms with Crippen molar-refractivity contribution in [1.29, 1.82) is 0 Å². The molecule has 1 aliphatic rings. The zero-order valence-electron chi connectivity index (χ0n) is 8.86. The molecule has 15 heavy (non-hydrogen) atoms. The first-order chi connectivity index (χ1) is 7.28. The Morgan fingerprint density at radius 2 is 2.53 bits per heavy atom. The Balaban J connectivity index is 1.84. The van der Waals surface area contributed by atoms with Gasteiger partial charge in [0.1, 0.15) is 0 Å². The van der Waals surface area contributed by atoms with Crippen LogP contribution in [0.25, 0.3) is 0 Å². The van der Waals surface area contributed by atoms with E-state index in [1.165, 1.54) is 12.8 Å². The van der Waals surface area contributed by atoms with E-state index in [4.69, 9.17) is 5.73 Å². The molecule has 1 saturated carbocycles. The first kappa shape index (κ1) is 10.4. The summed E-state index contributed by atoms with van der Waals surface area (Å²) in [5.74, 6) is 0.545. The molecule has 82 valence electrons. The summed E-state index contributed by atoms with van der Waals surface area (Å²) in [7, 11) is 0. The molecule has 0 atom stereocenters. The van der Waals surface area contributed by atoms with Crippen LogP contribution >= 0.6 is 11.3 Å². The maximum Gasteiger partial charge on any atom is 0.189 e. The van der Waals surface area contributed by atoms with Gasteiger partial charge in [-0.25, -0.2) is 9.98 Å². The quantitative estimate of drug-likeness (QED) is 0.598. The standard InChI is InChI=1S/C10H16N4S/c1-2-9-13-8(6-15-9)5-12-10(11)14-7-3-4-7/h6-7H,2-5H2,1H3,(H3,11,12,14). The van der Waals surface area contributed by atoms with Crippen LogP contribution in [-0.2, 0) is 13.0 Å². The second-order valence-electron chi connectivity index (χ2n) is 3.71. The monoisotopic (exact) mass is 224 g/mol. The Morgan fingerprint density at radius 1 is 1.73 bits per heavy atom. The van der Waals surface area contributed by atoms with Crippen LogP contribution in [0.2, 0.25) is 0 Å². The molecule has 0 saturated heterocycles. The number of nitrogens with two attached hydrogens (primary N) is 1. The largest absolute Gasteiger partial charge is 0.370 e. The highest BCUT2D eigenvalue weighted by Crippen LogP contribution is 2.18. The molecule has 1 aromatic rings. The molecule has 3 N–H and O–H groups in total. The van der Waals surface area contributed by atoms with E-state index in [1.54, 1.807) is 11.3 Å². The van der Waals surface area contributed by atoms with E-state index >= 15 is 0 Å². The molecule has 1 aromatic heterocycles. The fourth-order valence-electron chi connectivity index (χ4n) is 1.23. The van der Waals surface area contributed by atoms with Crippen LogP contribution in [0.15, 0.2) is 10.4 Å². The average Bonchev–Trinajstić information content (AvgIpc) is 2.92. The van der Waals surface area contributed by atoms with Gasteiger partial charge in [0.15, 0.2) is 5.96 Å². The fraction of sp³-hybridized carbons (Fsp3) is 0.600. The Labute approximate surface area is 93.6 Å². The second-order valence-corrected chi connectivity index (χ2v) is 4.65. The lowest BCUT2D eigenvalue weighted by atomic mass is 10.5. The van der Waals surface area contributed by atoms with Crippen molar-refractivity contribution >= 4 is 17.3 Å². The SMILES string of the molecule is CCc1nc(CN=C(N)NC2CC2)cs1. The van der Waals surface area contributed by atoms with Gasteiger partial charge in [0.25, 0.3) is 0 Å². The summed E-state index contributed by atoms with van der Waals surface area (Å²) in [4.78, 5) is 8.67. The van der Waals surface area contributed by atoms with Crippen molar-refractivity contribution in [3.8, 4) is 0 Å². The van der Waals surface area contributed by atoms with Gasteiger partial charge in [0.05, 0.1) is 17.2 Å². The third-order valence-corrected chi connectivity index (χ3v) is 3.28. The predicted molar refractivity (Wildman–Crippen MR) is 63.0 cm³/mol. The van der Waals surface area contributed by atoms with Gasteiger partial charge in [-0.15, -0.1) is 11.3 Å². The number of hydrogen-bond acceptors (Lipinski definition) is 3. The lowest BCUT2D eigenvalue weighted by Crippen LogP contribution is -2.33. The molecule has 1 fully saturated rings. The molecule has 1 aliphatic carbocycles. The van der Waals surface area contributed by atoms with Crippen LogP contribution in [0, 0.1) is 0 Å². The number of rotatable bonds is 4. The first-order valence-corrected chi connectivity index (χ1v) is 6.15. The molecule has 0 amide bonds. The average molecular weight is 224 g/mol. The van der Waals surface area contributed by atoms with Crippen LogP contribution in [0.5, 0.6) is 0 Å². The molecular weight excluding hydrogens is 208 g/mol. The minimum absolute atomic E-state index is 0.545. The summed E-state index contributed by atoms with van der Waals surface area (Å²) in [5, 5.41) is 6.36. The third kappa shape index (κ3) is 3.20. The zero-order valence-corrected chi connectivity index (χ0v) is 9.68. The maximum absolute atomic E-state index is 5.72. The zero-order chi connectivity index (χ0) is 10.7. The van der Waals surface area contributed by atoms with Gasteiger partial charge >= 0.3 is 0 Å². The third-order valence-electron chi connectivity index (χ3n) is 2.24. The van der Waals surface area contributed by atoms with Crippen LogP contribution in [0.4, 0.5) is 0 Å². The van der Waals surface area contributed by atoms with Crippen LogP contribution < -0.4 is 11.1 Å². The van der Waals surface area contributed by atoms with Crippen molar-refractivity contribution in [2.75, 3.05) is 0 Å². The van der Waals surface area contributed by atoms with Crippen LogP contribution in [0.1, 0.15) is 30.5 Å². The van der Waals surface area contributed by atoms with E-state index in [1.807, 2.05) is 5.38 Å². The molecule has 2 rings (SSSR count). The number of aliphatic imine (C=N–C) groups is 1. The molecular formula is C10H16N4S. The van der Waals surface area contributed by atoms with Gasteiger partial charge in [0.2, 0.25) is 0 Å². The number of hydrogen-bond donors (Lipinski definition) is 2. The van der Waals surface area contributed by atoms with Crippen LogP contribution in [-0.4, -0.2) is 17.0 Å². The topological polar surface area (TPSA) is 63.3 Å². The highest BCUT2D eigenvalue weighted by atomic mass is 32.1. The molecule has 0 aliphatic heterocycles. The predicted octanol–water partition coefficient (Wildman–Crippen LogP) is 1.27. The molecule has 1 heterocycles. The Morgan fingerprint density at radius 3 is 3.13 bits per heavy atom. The highest BCUT2D eigenvalue weighted by molar-refractivity contribution is 7.09. The number of aromatic nitrogens is 1. The van der Waals surface area contributed by atoms with Gasteiger partial charge in [-0.1, -0.05) is 6.92 Å². The number of aryl methyl sites for hydroxylation is 1. The summed E-state index contributed by atoms with van der Waals surface area (Å²) in [5.41, 5.74) is 6.73. The summed E-state index contributed by atoms with van der Waals surface area (Å²) in [6.45, 7) is 2.69. The molecule has 0 unspecified atom stereocenters. The molecule has 0 bridgehead atoms. The molecule has 5 heteroatoms. The lowest BCUT2D eigenvalue weighted by Gasteiger charge is -2.01. The lowest BCUT2D eigenvalue weighted by molar-refractivity contribution is 0.871. The van der Waals surface area contributed by atoms with E-state index in [9.17, 15) is 0 Å². The van der Waals surface area contributed by atoms with Crippen molar-refractivity contribution in [2.24, 2.45) is 10.7 Å². The van der Waals surface area contributed by atoms with E-state index in [-0.39, 0.29) is 0 Å². The minimum Gasteiger partial charge on any atom is -0.370 e. The van der Waals surface area contributed by atoms with Gasteiger partial charge < -0.3 is 11.1 Å². The molecule has 0 spiro atoms. The number of nitrogens with one attached hydrogen (secondary N) is 1. The van der Waals surface area contributed by atoms with E-state index < -0.39 is 0 Å². The van der Waals surface area contributed by atoms with Crippen LogP contribution in [0.3, 0.4) is 0 Å². The molecule has 4 nitrogen and oxygen atoms in total. The van der Waals surface area contributed by atoms with Gasteiger partial charge in [-0.05, 0) is 19.3 Å². The smallest absolute Gasteiger partial charge is 0.189 e. The van der Waals surface area contributed by atoms with Crippen molar-refractivity contribution in [2.45, 2.75) is 38.8 Å². The minimum atomic E-state index is 0.545. The van der Waals surface area contributed by atoms with E-state index in [2.05, 4.69) is 22.2 Å². The van der Waals surface area contributed by atoms with E-state index in [0.717, 1.165) is 17.1 Å². The summed E-state index contributed by atoms with van der Waals surface area (Å²) < 4.78 is 0. The Bertz CT molecular complexity index is 354. The normalized spacial score (nSPS) is 16.7. The number of nitrogens with zero attached hydrogens (tertiary/aromatic N) is 2. The number of guanidine groups is 1. The summed E-state index contributed by atoms with van der Waals surface area (Å²) in [6.07, 6.45) is 3.42. The van der Waals surface area contributed by atoms with Crippen molar-refractivity contribution < 1.29 is 0 Å². The van der Waals surface area contributed by atoms with Crippen molar-refractivity contribution in [1.82, 2.24) is 10.3 Å². The van der Waals surface area contributed by atoms with Gasteiger partial charge in [-0.2, -0.15) is 0 Å². The Hall–Kier alpha value is -1.10. The highest BCUT2D eigenvalue weighted by Gasteiger charge is 2.21. The summed E-state index contributed by atoms with van der Waals surface area (Å²) in [6, 6.07) is 0.565. The van der Waals surface area contributed by atoms with Crippen molar-refractivity contribution in [3.63, 3.8) is 0 Å².